The molecule has 2 aromatic heterocycles. The smallest absolute Gasteiger partial charge is 0.382 e. The fourth-order valence-electron chi connectivity index (χ4n) is 4.10. The van der Waals surface area contributed by atoms with E-state index in [1.807, 2.05) is 0 Å². The van der Waals surface area contributed by atoms with Crippen molar-refractivity contribution in [3.8, 4) is 11.8 Å². The number of halogens is 3. The lowest BCUT2D eigenvalue weighted by Gasteiger charge is -2.24. The molecular weight excluding hydrogens is 481 g/mol. The SMILES string of the molecule is Cc1ccc(NCC#Cc2cc3c(NC4CCS(=O)(=O)CC4)cccc3n2CC(F)(F)F)c(=O)[nH]1. The molecule has 1 aromatic carbocycles. The van der Waals surface area contributed by atoms with Gasteiger partial charge in [0.1, 0.15) is 22.1 Å². The van der Waals surface area contributed by atoms with Crippen molar-refractivity contribution in [1.29, 1.82) is 0 Å². The normalized spacial score (nSPS) is 16.0. The summed E-state index contributed by atoms with van der Waals surface area (Å²) in [5, 5.41) is 6.76. The highest BCUT2D eigenvalue weighted by molar-refractivity contribution is 7.91. The number of aromatic amines is 1. The Labute approximate surface area is 200 Å². The molecule has 186 valence electrons. The average Bonchev–Trinajstić information content (AvgIpc) is 3.11. The van der Waals surface area contributed by atoms with Crippen LogP contribution in [0.1, 0.15) is 24.2 Å². The third-order valence-corrected chi connectivity index (χ3v) is 7.55. The summed E-state index contributed by atoms with van der Waals surface area (Å²) in [6.07, 6.45) is -3.56. The maximum atomic E-state index is 13.4. The fourth-order valence-corrected chi connectivity index (χ4v) is 5.59. The van der Waals surface area contributed by atoms with Crippen LogP contribution in [-0.4, -0.2) is 48.2 Å². The number of aromatic nitrogens is 2. The number of hydrogen-bond acceptors (Lipinski definition) is 5. The van der Waals surface area contributed by atoms with Crippen LogP contribution in [0.5, 0.6) is 0 Å². The molecule has 3 N–H and O–H groups in total. The largest absolute Gasteiger partial charge is 0.406 e. The first-order valence-corrected chi connectivity index (χ1v) is 12.9. The van der Waals surface area contributed by atoms with Crippen LogP contribution < -0.4 is 16.2 Å². The van der Waals surface area contributed by atoms with Crippen LogP contribution in [0.2, 0.25) is 0 Å². The second kappa shape index (κ2) is 9.70. The van der Waals surface area contributed by atoms with Gasteiger partial charge in [-0.3, -0.25) is 4.79 Å². The second-order valence-electron chi connectivity index (χ2n) is 8.58. The first-order valence-electron chi connectivity index (χ1n) is 11.1. The van der Waals surface area contributed by atoms with E-state index in [-0.39, 0.29) is 35.3 Å². The minimum atomic E-state index is -4.45. The molecule has 0 atom stereocenters. The number of aryl methyl sites for hydroxylation is 1. The van der Waals surface area contributed by atoms with Crippen LogP contribution in [0.15, 0.2) is 41.2 Å². The third-order valence-electron chi connectivity index (χ3n) is 5.84. The van der Waals surface area contributed by atoms with Crippen molar-refractivity contribution in [3.63, 3.8) is 0 Å². The number of fused-ring (bicyclic) bond motifs is 1. The lowest BCUT2D eigenvalue weighted by Crippen LogP contribution is -2.32. The molecule has 0 amide bonds. The van der Waals surface area contributed by atoms with Gasteiger partial charge in [0.2, 0.25) is 0 Å². The van der Waals surface area contributed by atoms with E-state index < -0.39 is 22.6 Å². The van der Waals surface area contributed by atoms with Crippen LogP contribution in [0.4, 0.5) is 24.5 Å². The number of pyridine rings is 1. The van der Waals surface area contributed by atoms with Gasteiger partial charge in [-0.2, -0.15) is 13.2 Å². The molecule has 11 heteroatoms. The summed E-state index contributed by atoms with van der Waals surface area (Å²) in [6.45, 7) is 0.627. The number of sulfone groups is 1. The topological polar surface area (TPSA) is 96.0 Å². The summed E-state index contributed by atoms with van der Waals surface area (Å²) in [4.78, 5) is 14.6. The van der Waals surface area contributed by atoms with Crippen molar-refractivity contribution in [2.45, 2.75) is 38.5 Å². The minimum Gasteiger partial charge on any atom is -0.382 e. The quantitative estimate of drug-likeness (QED) is 0.459. The Morgan fingerprint density at radius 1 is 1.14 bits per heavy atom. The zero-order valence-corrected chi connectivity index (χ0v) is 19.8. The van der Waals surface area contributed by atoms with E-state index in [4.69, 9.17) is 0 Å². The highest BCUT2D eigenvalue weighted by Crippen LogP contribution is 2.31. The Bertz CT molecular complexity index is 1450. The highest BCUT2D eigenvalue weighted by Gasteiger charge is 2.30. The highest BCUT2D eigenvalue weighted by atomic mass is 32.2. The van der Waals surface area contributed by atoms with Crippen molar-refractivity contribution in [3.05, 3.63) is 58.1 Å². The molecule has 1 aliphatic heterocycles. The monoisotopic (exact) mass is 506 g/mol. The second-order valence-corrected chi connectivity index (χ2v) is 10.9. The van der Waals surface area contributed by atoms with Crippen molar-refractivity contribution in [1.82, 2.24) is 9.55 Å². The number of anilines is 2. The van der Waals surface area contributed by atoms with Gasteiger partial charge in [-0.15, -0.1) is 0 Å². The molecule has 7 nitrogen and oxygen atoms in total. The Morgan fingerprint density at radius 2 is 1.89 bits per heavy atom. The van der Waals surface area contributed by atoms with E-state index in [1.54, 1.807) is 43.3 Å². The Balaban J connectivity index is 1.61. The molecule has 0 spiro atoms. The maximum absolute atomic E-state index is 13.4. The zero-order chi connectivity index (χ0) is 25.2. The molecule has 3 heterocycles. The number of alkyl halides is 3. The molecule has 0 unspecified atom stereocenters. The van der Waals surface area contributed by atoms with Crippen LogP contribution in [0.25, 0.3) is 10.9 Å². The average molecular weight is 507 g/mol. The molecular formula is C24H25F3N4O3S. The molecule has 3 aromatic rings. The first kappa shape index (κ1) is 24.7. The molecule has 0 aliphatic carbocycles. The Morgan fingerprint density at radius 3 is 2.57 bits per heavy atom. The molecule has 1 aliphatic rings. The van der Waals surface area contributed by atoms with E-state index in [1.165, 1.54) is 0 Å². The zero-order valence-electron chi connectivity index (χ0n) is 19.0. The molecule has 1 fully saturated rings. The van der Waals surface area contributed by atoms with Crippen molar-refractivity contribution in [2.24, 2.45) is 0 Å². The van der Waals surface area contributed by atoms with Crippen LogP contribution in [0.3, 0.4) is 0 Å². The van der Waals surface area contributed by atoms with Crippen LogP contribution in [-0.2, 0) is 16.4 Å². The van der Waals surface area contributed by atoms with E-state index in [0.717, 1.165) is 4.57 Å². The summed E-state index contributed by atoms with van der Waals surface area (Å²) >= 11 is 0. The van der Waals surface area contributed by atoms with Crippen molar-refractivity contribution >= 4 is 32.1 Å². The van der Waals surface area contributed by atoms with Gasteiger partial charge in [0.05, 0.1) is 29.3 Å². The summed E-state index contributed by atoms with van der Waals surface area (Å²) in [5.41, 5.74) is 1.94. The van der Waals surface area contributed by atoms with Crippen molar-refractivity contribution < 1.29 is 21.6 Å². The molecule has 0 radical (unpaired) electrons. The predicted molar refractivity (Wildman–Crippen MR) is 130 cm³/mol. The van der Waals surface area contributed by atoms with Gasteiger partial charge in [-0.1, -0.05) is 12.0 Å². The summed E-state index contributed by atoms with van der Waals surface area (Å²) < 4.78 is 64.7. The van der Waals surface area contributed by atoms with Gasteiger partial charge in [-0.05, 0) is 56.0 Å². The third kappa shape index (κ3) is 6.19. The van der Waals surface area contributed by atoms with E-state index in [2.05, 4.69) is 27.5 Å². The minimum absolute atomic E-state index is 0.0708. The van der Waals surface area contributed by atoms with E-state index >= 15 is 0 Å². The number of H-pyrrole nitrogens is 1. The van der Waals surface area contributed by atoms with Crippen LogP contribution >= 0.6 is 0 Å². The standard InChI is InChI=1S/C24H25F3N4O3S/c1-16-7-8-21(23(32)29-16)28-11-3-4-18-14-19-20(30-17-9-12-35(33,34)13-10-17)5-2-6-22(19)31(18)15-24(25,26)27/h2,5-8,14,17,28,30H,9-13,15H2,1H3,(H,29,32). The summed E-state index contributed by atoms with van der Waals surface area (Å²) in [5.74, 6) is 5.77. The molecule has 1 saturated heterocycles. The predicted octanol–water partition coefficient (Wildman–Crippen LogP) is 3.65. The Kier molecular flexibility index (Phi) is 6.85. The number of nitrogens with zero attached hydrogens (tertiary/aromatic N) is 1. The summed E-state index contributed by atoms with van der Waals surface area (Å²) in [7, 11) is -3.03. The van der Waals surface area contributed by atoms with Gasteiger partial charge in [-0.25, -0.2) is 8.42 Å². The number of rotatable bonds is 5. The van der Waals surface area contributed by atoms with Gasteiger partial charge in [0, 0.05) is 22.8 Å². The number of nitrogens with one attached hydrogen (secondary N) is 3. The Hall–Kier alpha value is -3.39. The van der Waals surface area contributed by atoms with Crippen LogP contribution in [0, 0.1) is 18.8 Å². The molecule has 35 heavy (non-hydrogen) atoms. The lowest BCUT2D eigenvalue weighted by atomic mass is 10.1. The first-order chi connectivity index (χ1) is 16.5. The maximum Gasteiger partial charge on any atom is 0.406 e. The number of benzene rings is 1. The van der Waals surface area contributed by atoms with Gasteiger partial charge >= 0.3 is 6.18 Å². The van der Waals surface area contributed by atoms with E-state index in [9.17, 15) is 26.4 Å². The van der Waals surface area contributed by atoms with Gasteiger partial charge in [0.25, 0.3) is 5.56 Å². The molecule has 0 saturated carbocycles. The fraction of sp³-hybridized carbons (Fsp3) is 0.375. The number of hydrogen-bond donors (Lipinski definition) is 3. The molecule has 4 rings (SSSR count). The van der Waals surface area contributed by atoms with E-state index in [0.29, 0.717) is 40.8 Å². The van der Waals surface area contributed by atoms with Gasteiger partial charge in [0.15, 0.2) is 0 Å². The van der Waals surface area contributed by atoms with Crippen molar-refractivity contribution in [2.75, 3.05) is 28.7 Å². The van der Waals surface area contributed by atoms with Gasteiger partial charge < -0.3 is 20.2 Å². The summed E-state index contributed by atoms with van der Waals surface area (Å²) in [6, 6.07) is 9.91. The molecule has 0 bridgehead atoms. The lowest BCUT2D eigenvalue weighted by molar-refractivity contribution is -0.140.